The molecule has 25 heavy (non-hydrogen) atoms. The number of aryl methyl sites for hydroxylation is 1. The molecule has 0 aliphatic carbocycles. The summed E-state index contributed by atoms with van der Waals surface area (Å²) in [6, 6.07) is 6.26. The topological polar surface area (TPSA) is 40.5 Å². The summed E-state index contributed by atoms with van der Waals surface area (Å²) in [7, 11) is 3.26. The fourth-order valence-corrected chi connectivity index (χ4v) is 3.50. The van der Waals surface area contributed by atoms with E-state index in [1.807, 2.05) is 26.0 Å². The van der Waals surface area contributed by atoms with E-state index in [1.54, 1.807) is 29.8 Å². The fourth-order valence-electron chi connectivity index (χ4n) is 3.50. The normalized spacial score (nSPS) is 15.2. The van der Waals surface area contributed by atoms with Crippen LogP contribution in [-0.4, -0.2) is 17.3 Å². The molecule has 1 aromatic heterocycles. The Morgan fingerprint density at radius 3 is 2.72 bits per heavy atom. The molecule has 4 rings (SSSR count). The van der Waals surface area contributed by atoms with Crippen LogP contribution < -0.4 is 14.9 Å². The summed E-state index contributed by atoms with van der Waals surface area (Å²) in [5, 5.41) is 0.754. The molecule has 0 saturated carbocycles. The van der Waals surface area contributed by atoms with Crippen molar-refractivity contribution >= 4 is 27.9 Å². The number of para-hydroxylation sites is 1. The summed E-state index contributed by atoms with van der Waals surface area (Å²) in [4.78, 5) is 13.1. The second-order valence-electron chi connectivity index (χ2n) is 6.78. The van der Waals surface area contributed by atoms with Crippen molar-refractivity contribution < 1.29 is 13.9 Å². The van der Waals surface area contributed by atoms with Crippen LogP contribution >= 0.6 is 0 Å². The van der Waals surface area contributed by atoms with E-state index in [2.05, 4.69) is 0 Å². The number of hydrogen-bond acceptors (Lipinski definition) is 3. The highest BCUT2D eigenvalue weighted by molar-refractivity contribution is 6.02. The number of hydrogen-bond donors (Lipinski definition) is 0. The van der Waals surface area contributed by atoms with Crippen molar-refractivity contribution in [2.75, 3.05) is 7.11 Å². The average Bonchev–Trinajstić information content (AvgIpc) is 2.56. The maximum absolute atomic E-state index is 14.5. The predicted molar refractivity (Wildman–Crippen MR) is 96.9 cm³/mol. The van der Waals surface area contributed by atoms with Crippen LogP contribution in [0.2, 0.25) is 0 Å². The molecule has 128 valence electrons. The quantitative estimate of drug-likeness (QED) is 0.629. The number of rotatable bonds is 1. The molecule has 5 heteroatoms. The molecule has 0 unspecified atom stereocenters. The lowest BCUT2D eigenvalue weighted by Crippen LogP contribution is -2.28. The molecule has 3 aromatic rings. The van der Waals surface area contributed by atoms with E-state index >= 15 is 0 Å². The lowest BCUT2D eigenvalue weighted by molar-refractivity contribution is 0.159. The van der Waals surface area contributed by atoms with E-state index < -0.39 is 11.4 Å². The van der Waals surface area contributed by atoms with Crippen LogP contribution in [0.5, 0.6) is 11.5 Å². The van der Waals surface area contributed by atoms with Crippen molar-refractivity contribution in [3.63, 3.8) is 0 Å². The van der Waals surface area contributed by atoms with Crippen LogP contribution in [0.4, 0.5) is 4.39 Å². The van der Waals surface area contributed by atoms with Crippen LogP contribution in [0.1, 0.15) is 19.4 Å². The first kappa shape index (κ1) is 15.7. The Hall–Kier alpha value is -2.82. The van der Waals surface area contributed by atoms with E-state index in [4.69, 9.17) is 9.47 Å². The molecule has 0 fully saturated rings. The van der Waals surface area contributed by atoms with E-state index in [9.17, 15) is 9.18 Å². The van der Waals surface area contributed by atoms with Crippen molar-refractivity contribution in [3.05, 3.63) is 51.9 Å². The third kappa shape index (κ3) is 2.15. The molecule has 2 heterocycles. The van der Waals surface area contributed by atoms with Gasteiger partial charge in [0.1, 0.15) is 22.9 Å². The Kier molecular flexibility index (Phi) is 3.19. The summed E-state index contributed by atoms with van der Waals surface area (Å²) >= 11 is 0. The number of halogens is 1. The number of benzene rings is 2. The largest absolute Gasteiger partial charge is 0.496 e. The lowest BCUT2D eigenvalue weighted by Gasteiger charge is -2.29. The Morgan fingerprint density at radius 1 is 1.24 bits per heavy atom. The molecular formula is C20H18FNO3. The zero-order valence-corrected chi connectivity index (χ0v) is 14.5. The van der Waals surface area contributed by atoms with Gasteiger partial charge in [0, 0.05) is 24.1 Å². The van der Waals surface area contributed by atoms with Gasteiger partial charge >= 0.3 is 0 Å². The maximum Gasteiger partial charge on any atom is 0.201 e. The smallest absolute Gasteiger partial charge is 0.201 e. The van der Waals surface area contributed by atoms with Crippen LogP contribution in [0.25, 0.3) is 27.9 Å². The third-order valence-corrected chi connectivity index (χ3v) is 4.64. The minimum Gasteiger partial charge on any atom is -0.496 e. The highest BCUT2D eigenvalue weighted by Gasteiger charge is 2.27. The van der Waals surface area contributed by atoms with E-state index in [0.717, 1.165) is 5.56 Å². The number of fused-ring (bicyclic) bond motifs is 4. The number of methoxy groups -OCH3 is 1. The zero-order chi connectivity index (χ0) is 17.9. The van der Waals surface area contributed by atoms with Gasteiger partial charge in [-0.25, -0.2) is 4.39 Å². The van der Waals surface area contributed by atoms with Crippen molar-refractivity contribution in [2.45, 2.75) is 19.4 Å². The van der Waals surface area contributed by atoms with Crippen molar-refractivity contribution in [2.24, 2.45) is 7.05 Å². The second kappa shape index (κ2) is 5.09. The Morgan fingerprint density at radius 2 is 2.00 bits per heavy atom. The molecule has 4 nitrogen and oxygen atoms in total. The summed E-state index contributed by atoms with van der Waals surface area (Å²) in [5.41, 5.74) is 0.907. The Labute approximate surface area is 144 Å². The van der Waals surface area contributed by atoms with Crippen LogP contribution in [-0.2, 0) is 7.05 Å². The SMILES string of the molecule is COc1cc2c(c3c1c(=O)c1cccc(F)c1n3C)C=CC(C)(C)O2. The molecule has 0 atom stereocenters. The number of pyridine rings is 1. The molecule has 0 saturated heterocycles. The van der Waals surface area contributed by atoms with Gasteiger partial charge in [-0.15, -0.1) is 0 Å². The van der Waals surface area contributed by atoms with Crippen molar-refractivity contribution in [1.82, 2.24) is 4.57 Å². The highest BCUT2D eigenvalue weighted by atomic mass is 19.1. The monoisotopic (exact) mass is 339 g/mol. The average molecular weight is 339 g/mol. The first-order valence-corrected chi connectivity index (χ1v) is 8.04. The van der Waals surface area contributed by atoms with E-state index in [0.29, 0.717) is 27.8 Å². The molecule has 0 bridgehead atoms. The molecular weight excluding hydrogens is 321 g/mol. The second-order valence-corrected chi connectivity index (χ2v) is 6.78. The molecule has 0 N–H and O–H groups in total. The molecule has 0 radical (unpaired) electrons. The van der Waals surface area contributed by atoms with Gasteiger partial charge in [0.25, 0.3) is 0 Å². The Balaban J connectivity index is 2.29. The zero-order valence-electron chi connectivity index (χ0n) is 14.5. The van der Waals surface area contributed by atoms with Crippen LogP contribution in [0, 0.1) is 5.82 Å². The number of ether oxygens (including phenoxy) is 2. The summed E-state index contributed by atoms with van der Waals surface area (Å²) in [5.74, 6) is 0.603. The highest BCUT2D eigenvalue weighted by Crippen LogP contribution is 2.40. The molecule has 1 aliphatic heterocycles. The standard InChI is InChI=1S/C20H18FNO3/c1-20(2)9-8-11-14(25-20)10-15(24-4)16-18(11)22(3)17-12(19(16)23)6-5-7-13(17)21/h5-10H,1-4H3. The van der Waals surface area contributed by atoms with Gasteiger partial charge in [-0.3, -0.25) is 4.79 Å². The van der Waals surface area contributed by atoms with E-state index in [-0.39, 0.29) is 10.9 Å². The third-order valence-electron chi connectivity index (χ3n) is 4.64. The lowest BCUT2D eigenvalue weighted by atomic mass is 9.98. The van der Waals surface area contributed by atoms with Crippen LogP contribution in [0.3, 0.4) is 0 Å². The fraction of sp³-hybridized carbons (Fsp3) is 0.250. The van der Waals surface area contributed by atoms with Gasteiger partial charge in [0.15, 0.2) is 0 Å². The number of nitrogens with zero attached hydrogens (tertiary/aromatic N) is 1. The van der Waals surface area contributed by atoms with Crippen LogP contribution in [0.15, 0.2) is 35.1 Å². The molecule has 0 spiro atoms. The first-order valence-electron chi connectivity index (χ1n) is 8.04. The molecule has 2 aromatic carbocycles. The maximum atomic E-state index is 14.5. The van der Waals surface area contributed by atoms with Crippen molar-refractivity contribution in [1.29, 1.82) is 0 Å². The van der Waals surface area contributed by atoms with Gasteiger partial charge in [-0.05, 0) is 38.1 Å². The Bertz CT molecular complexity index is 1130. The van der Waals surface area contributed by atoms with Crippen molar-refractivity contribution in [3.8, 4) is 11.5 Å². The first-order chi connectivity index (χ1) is 11.8. The molecule has 1 aliphatic rings. The van der Waals surface area contributed by atoms with Gasteiger partial charge in [-0.2, -0.15) is 0 Å². The van der Waals surface area contributed by atoms with Gasteiger partial charge in [0.05, 0.1) is 23.5 Å². The van der Waals surface area contributed by atoms with Gasteiger partial charge in [0.2, 0.25) is 5.43 Å². The summed E-state index contributed by atoms with van der Waals surface area (Å²) in [6.45, 7) is 3.89. The molecule has 0 amide bonds. The summed E-state index contributed by atoms with van der Waals surface area (Å²) < 4.78 is 27.7. The number of aromatic nitrogens is 1. The minimum atomic E-state index is -0.466. The predicted octanol–water partition coefficient (Wildman–Crippen LogP) is 4.02. The van der Waals surface area contributed by atoms with Gasteiger partial charge < -0.3 is 14.0 Å². The van der Waals surface area contributed by atoms with Gasteiger partial charge in [-0.1, -0.05) is 6.07 Å². The van der Waals surface area contributed by atoms with E-state index in [1.165, 1.54) is 13.2 Å². The summed E-state index contributed by atoms with van der Waals surface area (Å²) in [6.07, 6.45) is 3.85. The minimum absolute atomic E-state index is 0.250.